The Balaban J connectivity index is 1.57. The zero-order valence-corrected chi connectivity index (χ0v) is 19.1. The fourth-order valence-electron chi connectivity index (χ4n) is 3.44. The highest BCUT2D eigenvalue weighted by Crippen LogP contribution is 2.16. The average Bonchev–Trinajstić information content (AvgIpc) is 2.94. The number of hydrogen-bond donors (Lipinski definition) is 1. The van der Waals surface area contributed by atoms with Gasteiger partial charge in [-0.2, -0.15) is 4.72 Å². The summed E-state index contributed by atoms with van der Waals surface area (Å²) in [7, 11) is -3.80. The number of nitrogens with one attached hydrogen (secondary N) is 1. The van der Waals surface area contributed by atoms with Gasteiger partial charge < -0.3 is 4.90 Å². The summed E-state index contributed by atoms with van der Waals surface area (Å²) in [5.74, 6) is -0.221. The molecule has 1 N–H and O–H groups in total. The zero-order valence-electron chi connectivity index (χ0n) is 16.7. The predicted molar refractivity (Wildman–Crippen MR) is 119 cm³/mol. The molecule has 0 saturated carbocycles. The standard InChI is InChI=1S/C21H25Cl2N3O3S/c1-16(24-30(28,29)20-9-7-19(23)8-10-20)21(27)26-12-2-11-25(13-14-26)15-17-3-5-18(22)6-4-17/h3-10,16,24H,2,11-15H2,1H3/t16-/m0/s1. The molecule has 1 saturated heterocycles. The van der Waals surface area contributed by atoms with Crippen molar-refractivity contribution < 1.29 is 13.2 Å². The first kappa shape index (κ1) is 23.0. The molecule has 1 amide bonds. The van der Waals surface area contributed by atoms with E-state index < -0.39 is 16.1 Å². The van der Waals surface area contributed by atoms with Crippen LogP contribution in [0.15, 0.2) is 53.4 Å². The quantitative estimate of drug-likeness (QED) is 0.703. The molecule has 162 valence electrons. The van der Waals surface area contributed by atoms with Gasteiger partial charge in [-0.1, -0.05) is 35.3 Å². The van der Waals surface area contributed by atoms with Crippen LogP contribution in [0.1, 0.15) is 18.9 Å². The van der Waals surface area contributed by atoms with Gasteiger partial charge in [-0.25, -0.2) is 8.42 Å². The van der Waals surface area contributed by atoms with Crippen molar-refractivity contribution in [2.24, 2.45) is 0 Å². The van der Waals surface area contributed by atoms with Gasteiger partial charge in [0.25, 0.3) is 0 Å². The molecule has 0 unspecified atom stereocenters. The lowest BCUT2D eigenvalue weighted by Gasteiger charge is -2.25. The normalized spacial score (nSPS) is 16.8. The average molecular weight is 470 g/mol. The lowest BCUT2D eigenvalue weighted by molar-refractivity contribution is -0.132. The van der Waals surface area contributed by atoms with Crippen molar-refractivity contribution in [1.29, 1.82) is 0 Å². The number of hydrogen-bond acceptors (Lipinski definition) is 4. The number of carbonyl (C=O) groups is 1. The third kappa shape index (κ3) is 6.18. The summed E-state index contributed by atoms with van der Waals surface area (Å²) in [6, 6.07) is 12.8. The van der Waals surface area contributed by atoms with Gasteiger partial charge in [0.05, 0.1) is 10.9 Å². The first-order valence-electron chi connectivity index (χ1n) is 9.78. The largest absolute Gasteiger partial charge is 0.340 e. The molecular weight excluding hydrogens is 445 g/mol. The number of carbonyl (C=O) groups excluding carboxylic acids is 1. The molecule has 9 heteroatoms. The number of halogens is 2. The Labute approximate surface area is 187 Å². The van der Waals surface area contributed by atoms with Gasteiger partial charge in [0.15, 0.2) is 0 Å². The van der Waals surface area contributed by atoms with Crippen LogP contribution in [-0.2, 0) is 21.4 Å². The fraction of sp³-hybridized carbons (Fsp3) is 0.381. The van der Waals surface area contributed by atoms with Crippen LogP contribution in [0.4, 0.5) is 0 Å². The molecule has 1 atom stereocenters. The number of nitrogens with zero attached hydrogens (tertiary/aromatic N) is 2. The SMILES string of the molecule is C[C@H](NS(=O)(=O)c1ccc(Cl)cc1)C(=O)N1CCCN(Cc2ccc(Cl)cc2)CC1. The van der Waals surface area contributed by atoms with Gasteiger partial charge in [0, 0.05) is 42.8 Å². The van der Waals surface area contributed by atoms with E-state index in [4.69, 9.17) is 23.2 Å². The third-order valence-electron chi connectivity index (χ3n) is 5.05. The maximum absolute atomic E-state index is 12.9. The maximum Gasteiger partial charge on any atom is 0.241 e. The molecule has 0 radical (unpaired) electrons. The lowest BCUT2D eigenvalue weighted by Crippen LogP contribution is -2.47. The van der Waals surface area contributed by atoms with Crippen molar-refractivity contribution in [3.05, 3.63) is 64.1 Å². The van der Waals surface area contributed by atoms with Crippen LogP contribution < -0.4 is 4.72 Å². The van der Waals surface area contributed by atoms with Crippen molar-refractivity contribution in [1.82, 2.24) is 14.5 Å². The van der Waals surface area contributed by atoms with Crippen LogP contribution in [0.25, 0.3) is 0 Å². The Morgan fingerprint density at radius 3 is 2.20 bits per heavy atom. The molecule has 1 aliphatic heterocycles. The van der Waals surface area contributed by atoms with Crippen LogP contribution in [0.2, 0.25) is 10.0 Å². The first-order valence-corrected chi connectivity index (χ1v) is 12.0. The zero-order chi connectivity index (χ0) is 21.7. The van der Waals surface area contributed by atoms with Crippen LogP contribution >= 0.6 is 23.2 Å². The van der Waals surface area contributed by atoms with E-state index in [0.717, 1.165) is 26.1 Å². The minimum absolute atomic E-state index is 0.0801. The third-order valence-corrected chi connectivity index (χ3v) is 7.11. The Bertz CT molecular complexity index is 966. The van der Waals surface area contributed by atoms with E-state index in [2.05, 4.69) is 9.62 Å². The second-order valence-electron chi connectivity index (χ2n) is 7.38. The molecular formula is C21H25Cl2N3O3S. The summed E-state index contributed by atoms with van der Waals surface area (Å²) in [6.07, 6.45) is 0.829. The van der Waals surface area contributed by atoms with Gasteiger partial charge in [-0.15, -0.1) is 0 Å². The molecule has 1 aliphatic rings. The van der Waals surface area contributed by atoms with E-state index in [1.54, 1.807) is 11.8 Å². The summed E-state index contributed by atoms with van der Waals surface area (Å²) in [5.41, 5.74) is 1.17. The second kappa shape index (κ2) is 10.1. The van der Waals surface area contributed by atoms with Gasteiger partial charge in [0.2, 0.25) is 15.9 Å². The van der Waals surface area contributed by atoms with Crippen molar-refractivity contribution in [2.75, 3.05) is 26.2 Å². The summed E-state index contributed by atoms with van der Waals surface area (Å²) in [6.45, 7) is 5.12. The molecule has 1 fully saturated rings. The van der Waals surface area contributed by atoms with Gasteiger partial charge in [-0.3, -0.25) is 9.69 Å². The summed E-state index contributed by atoms with van der Waals surface area (Å²) < 4.78 is 27.6. The molecule has 6 nitrogen and oxygen atoms in total. The molecule has 0 aromatic heterocycles. The van der Waals surface area contributed by atoms with Gasteiger partial charge in [0.1, 0.15) is 0 Å². The van der Waals surface area contributed by atoms with Crippen molar-refractivity contribution in [3.8, 4) is 0 Å². The molecule has 2 aromatic rings. The fourth-order valence-corrected chi connectivity index (χ4v) is 4.88. The molecule has 30 heavy (non-hydrogen) atoms. The van der Waals surface area contributed by atoms with E-state index in [1.165, 1.54) is 29.8 Å². The van der Waals surface area contributed by atoms with Crippen molar-refractivity contribution >= 4 is 39.1 Å². The van der Waals surface area contributed by atoms with Gasteiger partial charge in [-0.05, 0) is 55.3 Å². The van der Waals surface area contributed by atoms with Crippen LogP contribution in [0.5, 0.6) is 0 Å². The van der Waals surface area contributed by atoms with Crippen LogP contribution in [0, 0.1) is 0 Å². The van der Waals surface area contributed by atoms with Gasteiger partial charge >= 0.3 is 0 Å². The van der Waals surface area contributed by atoms with E-state index in [0.29, 0.717) is 23.1 Å². The van der Waals surface area contributed by atoms with E-state index in [-0.39, 0.29) is 10.8 Å². The Kier molecular flexibility index (Phi) is 7.76. The first-order chi connectivity index (χ1) is 14.2. The molecule has 0 bridgehead atoms. The van der Waals surface area contributed by atoms with Crippen LogP contribution in [0.3, 0.4) is 0 Å². The molecule has 2 aromatic carbocycles. The lowest BCUT2D eigenvalue weighted by atomic mass is 10.2. The highest BCUT2D eigenvalue weighted by Gasteiger charge is 2.27. The Hall–Kier alpha value is -1.64. The monoisotopic (exact) mass is 469 g/mol. The maximum atomic E-state index is 12.9. The number of rotatable bonds is 6. The second-order valence-corrected chi connectivity index (χ2v) is 9.97. The molecule has 3 rings (SSSR count). The van der Waals surface area contributed by atoms with Crippen LogP contribution in [-0.4, -0.2) is 56.3 Å². The van der Waals surface area contributed by atoms with E-state index in [1.807, 2.05) is 24.3 Å². The van der Waals surface area contributed by atoms with E-state index >= 15 is 0 Å². The van der Waals surface area contributed by atoms with Crippen molar-refractivity contribution in [3.63, 3.8) is 0 Å². The van der Waals surface area contributed by atoms with Crippen molar-refractivity contribution in [2.45, 2.75) is 30.8 Å². The minimum Gasteiger partial charge on any atom is -0.340 e. The summed E-state index contributed by atoms with van der Waals surface area (Å²) in [5, 5.41) is 1.16. The number of amides is 1. The highest BCUT2D eigenvalue weighted by atomic mass is 35.5. The predicted octanol–water partition coefficient (Wildman–Crippen LogP) is 3.39. The summed E-state index contributed by atoms with van der Waals surface area (Å²) >= 11 is 11.8. The van der Waals surface area contributed by atoms with E-state index in [9.17, 15) is 13.2 Å². The highest BCUT2D eigenvalue weighted by molar-refractivity contribution is 7.89. The Morgan fingerprint density at radius 2 is 1.57 bits per heavy atom. The number of sulfonamides is 1. The number of benzene rings is 2. The molecule has 0 aliphatic carbocycles. The topological polar surface area (TPSA) is 69.7 Å². The molecule has 1 heterocycles. The molecule has 0 spiro atoms. The Morgan fingerprint density at radius 1 is 0.967 bits per heavy atom. The summed E-state index contributed by atoms with van der Waals surface area (Å²) in [4.78, 5) is 17.0. The smallest absolute Gasteiger partial charge is 0.241 e. The minimum atomic E-state index is -3.80.